The molecule has 0 radical (unpaired) electrons. The molecule has 0 unspecified atom stereocenters. The zero-order chi connectivity index (χ0) is 12.3. The maximum atomic E-state index is 11.9. The summed E-state index contributed by atoms with van der Waals surface area (Å²) >= 11 is 0. The molecule has 1 aromatic rings. The Morgan fingerprint density at radius 3 is 2.56 bits per heavy atom. The van der Waals surface area contributed by atoms with Crippen LogP contribution in [0.15, 0.2) is 6.07 Å². The van der Waals surface area contributed by atoms with E-state index in [1.807, 2.05) is 0 Å². The second-order valence-electron chi connectivity index (χ2n) is 2.78. The molecule has 0 aliphatic rings. The van der Waals surface area contributed by atoms with Crippen LogP contribution in [0.3, 0.4) is 0 Å². The molecule has 8 heteroatoms. The Labute approximate surface area is 88.2 Å². The molecule has 4 N–H and O–H groups in total. The Bertz CT molecular complexity index is 406. The second kappa shape index (κ2) is 4.35. The van der Waals surface area contributed by atoms with Crippen LogP contribution >= 0.6 is 0 Å². The lowest BCUT2D eigenvalue weighted by molar-refractivity contribution is -0.274. The van der Waals surface area contributed by atoms with E-state index in [0.29, 0.717) is 6.29 Å². The number of anilines is 1. The van der Waals surface area contributed by atoms with E-state index >= 15 is 0 Å². The number of hydrogen-bond donors (Lipinski definition) is 2. The van der Waals surface area contributed by atoms with Crippen LogP contribution in [0.5, 0.6) is 5.75 Å². The van der Waals surface area contributed by atoms with Crippen LogP contribution in [-0.4, -0.2) is 17.6 Å². The SMILES string of the molecule is NCc1nc(N)c(OC(F)(F)F)cc1C=O. The van der Waals surface area contributed by atoms with Crippen LogP contribution < -0.4 is 16.2 Å². The summed E-state index contributed by atoms with van der Waals surface area (Å²) in [4.78, 5) is 14.1. The lowest BCUT2D eigenvalue weighted by atomic mass is 10.2. The molecule has 16 heavy (non-hydrogen) atoms. The van der Waals surface area contributed by atoms with Crippen LogP contribution in [0, 0.1) is 0 Å². The van der Waals surface area contributed by atoms with Gasteiger partial charge in [0.2, 0.25) is 0 Å². The third kappa shape index (κ3) is 2.83. The van der Waals surface area contributed by atoms with Crippen molar-refractivity contribution in [1.82, 2.24) is 4.98 Å². The number of nitrogen functional groups attached to an aromatic ring is 1. The van der Waals surface area contributed by atoms with Crippen LogP contribution in [0.4, 0.5) is 19.0 Å². The van der Waals surface area contributed by atoms with E-state index in [9.17, 15) is 18.0 Å². The summed E-state index contributed by atoms with van der Waals surface area (Å²) in [6, 6.07) is 0.852. The van der Waals surface area contributed by atoms with E-state index in [2.05, 4.69) is 9.72 Å². The van der Waals surface area contributed by atoms with Gasteiger partial charge in [-0.1, -0.05) is 0 Å². The zero-order valence-corrected chi connectivity index (χ0v) is 7.91. The van der Waals surface area contributed by atoms with Crippen molar-refractivity contribution in [1.29, 1.82) is 0 Å². The number of carbonyl (C=O) groups is 1. The van der Waals surface area contributed by atoms with Gasteiger partial charge in [0.25, 0.3) is 0 Å². The molecule has 0 aliphatic heterocycles. The highest BCUT2D eigenvalue weighted by Crippen LogP contribution is 2.28. The number of pyridine rings is 1. The Kier molecular flexibility index (Phi) is 3.33. The molecule has 0 atom stereocenters. The van der Waals surface area contributed by atoms with Gasteiger partial charge in [-0.3, -0.25) is 4.79 Å². The van der Waals surface area contributed by atoms with Gasteiger partial charge >= 0.3 is 6.36 Å². The lowest BCUT2D eigenvalue weighted by Gasteiger charge is -2.12. The minimum atomic E-state index is -4.89. The number of carbonyl (C=O) groups excluding carboxylic acids is 1. The molecule has 1 rings (SSSR count). The Hall–Kier alpha value is -1.83. The summed E-state index contributed by atoms with van der Waals surface area (Å²) in [7, 11) is 0. The Balaban J connectivity index is 3.16. The molecule has 0 aromatic carbocycles. The molecule has 0 saturated heterocycles. The van der Waals surface area contributed by atoms with E-state index in [0.717, 1.165) is 6.07 Å². The Morgan fingerprint density at radius 1 is 1.50 bits per heavy atom. The summed E-state index contributed by atoms with van der Waals surface area (Å²) in [5.41, 5.74) is 10.5. The lowest BCUT2D eigenvalue weighted by Crippen LogP contribution is -2.19. The quantitative estimate of drug-likeness (QED) is 0.757. The molecule has 0 amide bonds. The fraction of sp³-hybridized carbons (Fsp3) is 0.250. The molecule has 88 valence electrons. The van der Waals surface area contributed by atoms with Crippen molar-refractivity contribution in [3.63, 3.8) is 0 Å². The molecule has 0 bridgehead atoms. The fourth-order valence-electron chi connectivity index (χ4n) is 1.04. The molecular formula is C8H8F3N3O2. The third-order valence-corrected chi connectivity index (χ3v) is 1.67. The summed E-state index contributed by atoms with van der Waals surface area (Å²) in [5.74, 6) is -1.19. The number of aldehydes is 1. The molecule has 1 aromatic heterocycles. The van der Waals surface area contributed by atoms with Gasteiger partial charge in [0.1, 0.15) is 0 Å². The number of nitrogens with zero attached hydrogens (tertiary/aromatic N) is 1. The maximum Gasteiger partial charge on any atom is 0.573 e. The number of alkyl halides is 3. The molecule has 1 heterocycles. The third-order valence-electron chi connectivity index (χ3n) is 1.67. The van der Waals surface area contributed by atoms with E-state index < -0.39 is 17.9 Å². The van der Waals surface area contributed by atoms with E-state index in [4.69, 9.17) is 11.5 Å². The smallest absolute Gasteiger partial charge is 0.402 e. The van der Waals surface area contributed by atoms with Crippen LogP contribution in [0.25, 0.3) is 0 Å². The number of nitrogens with two attached hydrogens (primary N) is 2. The van der Waals surface area contributed by atoms with Gasteiger partial charge in [-0.05, 0) is 6.07 Å². The molecule has 0 spiro atoms. The minimum Gasteiger partial charge on any atom is -0.402 e. The Morgan fingerprint density at radius 2 is 2.12 bits per heavy atom. The molecule has 0 fully saturated rings. The number of halogens is 3. The number of hydrogen-bond acceptors (Lipinski definition) is 5. The number of aromatic nitrogens is 1. The second-order valence-corrected chi connectivity index (χ2v) is 2.78. The average Bonchev–Trinajstić information content (AvgIpc) is 2.18. The van der Waals surface area contributed by atoms with Gasteiger partial charge in [-0.15, -0.1) is 13.2 Å². The minimum absolute atomic E-state index is 0.0871. The molecule has 5 nitrogen and oxygen atoms in total. The first-order valence-corrected chi connectivity index (χ1v) is 4.07. The number of ether oxygens (including phenoxy) is 1. The van der Waals surface area contributed by atoms with Crippen molar-refractivity contribution < 1.29 is 22.7 Å². The van der Waals surface area contributed by atoms with E-state index in [-0.39, 0.29) is 17.8 Å². The van der Waals surface area contributed by atoms with Gasteiger partial charge in [-0.25, -0.2) is 4.98 Å². The standard InChI is InChI=1S/C8H8F3N3O2/c9-8(10,11)16-6-1-4(3-15)5(2-12)14-7(6)13/h1,3H,2,12H2,(H2,13,14). The van der Waals surface area contributed by atoms with Gasteiger partial charge in [0, 0.05) is 12.1 Å². The first kappa shape index (κ1) is 12.2. The molecule has 0 aliphatic carbocycles. The largest absolute Gasteiger partial charge is 0.573 e. The van der Waals surface area contributed by atoms with E-state index in [1.165, 1.54) is 0 Å². The first-order chi connectivity index (χ1) is 7.37. The summed E-state index contributed by atoms with van der Waals surface area (Å²) in [6.07, 6.45) is -4.56. The highest BCUT2D eigenvalue weighted by molar-refractivity contribution is 5.78. The summed E-state index contributed by atoms with van der Waals surface area (Å²) in [6.45, 7) is -0.107. The van der Waals surface area contributed by atoms with Crippen molar-refractivity contribution in [2.75, 3.05) is 5.73 Å². The topological polar surface area (TPSA) is 91.2 Å². The first-order valence-electron chi connectivity index (χ1n) is 4.07. The van der Waals surface area contributed by atoms with Crippen molar-refractivity contribution in [2.45, 2.75) is 12.9 Å². The van der Waals surface area contributed by atoms with Crippen molar-refractivity contribution in [3.8, 4) is 5.75 Å². The average molecular weight is 235 g/mol. The number of rotatable bonds is 3. The predicted octanol–water partition coefficient (Wildman–Crippen LogP) is 0.834. The zero-order valence-electron chi connectivity index (χ0n) is 7.91. The van der Waals surface area contributed by atoms with Gasteiger partial charge in [-0.2, -0.15) is 0 Å². The van der Waals surface area contributed by atoms with Crippen LogP contribution in [0.1, 0.15) is 16.1 Å². The van der Waals surface area contributed by atoms with Crippen LogP contribution in [-0.2, 0) is 6.54 Å². The summed E-state index contributed by atoms with van der Waals surface area (Å²) < 4.78 is 39.3. The molecule has 0 saturated carbocycles. The van der Waals surface area contributed by atoms with Crippen LogP contribution in [0.2, 0.25) is 0 Å². The normalized spacial score (nSPS) is 11.2. The predicted molar refractivity (Wildman–Crippen MR) is 48.6 cm³/mol. The van der Waals surface area contributed by atoms with Gasteiger partial charge in [0.15, 0.2) is 17.9 Å². The highest BCUT2D eigenvalue weighted by atomic mass is 19.4. The van der Waals surface area contributed by atoms with E-state index in [1.54, 1.807) is 0 Å². The fourth-order valence-corrected chi connectivity index (χ4v) is 1.04. The maximum absolute atomic E-state index is 11.9. The van der Waals surface area contributed by atoms with Crippen molar-refractivity contribution in [2.24, 2.45) is 5.73 Å². The van der Waals surface area contributed by atoms with Gasteiger partial charge < -0.3 is 16.2 Å². The highest BCUT2D eigenvalue weighted by Gasteiger charge is 2.32. The summed E-state index contributed by atoms with van der Waals surface area (Å²) in [5, 5.41) is 0. The monoisotopic (exact) mass is 235 g/mol. The van der Waals surface area contributed by atoms with Crippen molar-refractivity contribution >= 4 is 12.1 Å². The molecular weight excluding hydrogens is 227 g/mol. The van der Waals surface area contributed by atoms with Gasteiger partial charge in [0.05, 0.1) is 5.69 Å². The van der Waals surface area contributed by atoms with Crippen molar-refractivity contribution in [3.05, 3.63) is 17.3 Å².